The summed E-state index contributed by atoms with van der Waals surface area (Å²) in [6.07, 6.45) is 0. The highest BCUT2D eigenvalue weighted by molar-refractivity contribution is 5.95. The highest BCUT2D eigenvalue weighted by atomic mass is 16.2. The molecular weight excluding hydrogens is 220 g/mol. The first-order chi connectivity index (χ1) is 8.02. The molecule has 0 fully saturated rings. The van der Waals surface area contributed by atoms with Gasteiger partial charge in [0.2, 0.25) is 5.91 Å². The van der Waals surface area contributed by atoms with Crippen LogP contribution in [0.5, 0.6) is 0 Å². The standard InChI is InChI=1S/C11H16N4O2/c1-7(12)10(16)14-8-3-5-9(6-4-8)15-11(17)13-2/h3-7H,12H2,1-2H3,(H,14,16)(H2,13,15,17)/t7-/m1/s1. The lowest BCUT2D eigenvalue weighted by molar-refractivity contribution is -0.117. The van der Waals surface area contributed by atoms with Gasteiger partial charge in [-0.25, -0.2) is 4.79 Å². The van der Waals surface area contributed by atoms with Crippen LogP contribution in [0.4, 0.5) is 16.2 Å². The first-order valence-corrected chi connectivity index (χ1v) is 5.18. The van der Waals surface area contributed by atoms with E-state index in [0.29, 0.717) is 11.4 Å². The topological polar surface area (TPSA) is 96.2 Å². The van der Waals surface area contributed by atoms with Gasteiger partial charge in [-0.05, 0) is 31.2 Å². The van der Waals surface area contributed by atoms with Gasteiger partial charge in [0.1, 0.15) is 0 Å². The summed E-state index contributed by atoms with van der Waals surface area (Å²) in [6, 6.07) is 5.89. The van der Waals surface area contributed by atoms with Crippen molar-refractivity contribution >= 4 is 23.3 Å². The van der Waals surface area contributed by atoms with Gasteiger partial charge in [0.05, 0.1) is 6.04 Å². The van der Waals surface area contributed by atoms with E-state index >= 15 is 0 Å². The Bertz CT molecular complexity index is 400. The molecule has 5 N–H and O–H groups in total. The Kier molecular flexibility index (Phi) is 4.47. The molecule has 0 heterocycles. The normalized spacial score (nSPS) is 11.5. The molecule has 92 valence electrons. The number of carbonyl (C=O) groups is 2. The van der Waals surface area contributed by atoms with Crippen LogP contribution < -0.4 is 21.7 Å². The molecule has 0 aliphatic carbocycles. The molecule has 6 nitrogen and oxygen atoms in total. The van der Waals surface area contributed by atoms with Crippen LogP contribution in [0.25, 0.3) is 0 Å². The van der Waals surface area contributed by atoms with Crippen molar-refractivity contribution in [2.24, 2.45) is 5.73 Å². The van der Waals surface area contributed by atoms with E-state index in [-0.39, 0.29) is 11.9 Å². The fourth-order valence-electron chi connectivity index (χ4n) is 1.09. The minimum absolute atomic E-state index is 0.253. The lowest BCUT2D eigenvalue weighted by Gasteiger charge is -2.09. The van der Waals surface area contributed by atoms with Crippen LogP contribution in [0.2, 0.25) is 0 Å². The van der Waals surface area contributed by atoms with Gasteiger partial charge in [-0.3, -0.25) is 4.79 Å². The molecule has 1 aromatic rings. The predicted molar refractivity (Wildman–Crippen MR) is 66.8 cm³/mol. The summed E-state index contributed by atoms with van der Waals surface area (Å²) in [5.41, 5.74) is 6.70. The third-order valence-electron chi connectivity index (χ3n) is 2.05. The van der Waals surface area contributed by atoms with Gasteiger partial charge in [-0.15, -0.1) is 0 Å². The summed E-state index contributed by atoms with van der Waals surface area (Å²) < 4.78 is 0. The molecule has 6 heteroatoms. The highest BCUT2D eigenvalue weighted by Crippen LogP contribution is 2.13. The Balaban J connectivity index is 2.62. The van der Waals surface area contributed by atoms with E-state index in [1.807, 2.05) is 0 Å². The summed E-state index contributed by atoms with van der Waals surface area (Å²) in [4.78, 5) is 22.3. The van der Waals surface area contributed by atoms with E-state index in [9.17, 15) is 9.59 Å². The smallest absolute Gasteiger partial charge is 0.318 e. The summed E-state index contributed by atoms with van der Waals surface area (Å²) in [5.74, 6) is -0.253. The lowest BCUT2D eigenvalue weighted by atomic mass is 10.2. The van der Waals surface area contributed by atoms with Crippen molar-refractivity contribution in [2.75, 3.05) is 17.7 Å². The summed E-state index contributed by atoms with van der Waals surface area (Å²) >= 11 is 0. The van der Waals surface area contributed by atoms with Gasteiger partial charge < -0.3 is 21.7 Å². The zero-order valence-electron chi connectivity index (χ0n) is 9.78. The number of nitrogens with two attached hydrogens (primary N) is 1. The van der Waals surface area contributed by atoms with Crippen LogP contribution in [0.1, 0.15) is 6.92 Å². The first kappa shape index (κ1) is 13.0. The van der Waals surface area contributed by atoms with Crippen molar-refractivity contribution in [3.8, 4) is 0 Å². The zero-order chi connectivity index (χ0) is 12.8. The van der Waals surface area contributed by atoms with Gasteiger partial charge in [0.25, 0.3) is 0 Å². The second-order valence-corrected chi connectivity index (χ2v) is 3.56. The van der Waals surface area contributed by atoms with Crippen LogP contribution in [0, 0.1) is 0 Å². The Morgan fingerprint density at radius 2 is 1.59 bits per heavy atom. The quantitative estimate of drug-likeness (QED) is 0.622. The number of hydrogen-bond donors (Lipinski definition) is 4. The van der Waals surface area contributed by atoms with Crippen molar-refractivity contribution in [3.63, 3.8) is 0 Å². The molecule has 1 aromatic carbocycles. The maximum atomic E-state index is 11.3. The number of amides is 3. The maximum absolute atomic E-state index is 11.3. The minimum Gasteiger partial charge on any atom is -0.341 e. The van der Waals surface area contributed by atoms with Crippen molar-refractivity contribution in [1.82, 2.24) is 5.32 Å². The Morgan fingerprint density at radius 3 is 2.00 bits per heavy atom. The monoisotopic (exact) mass is 236 g/mol. The Morgan fingerprint density at radius 1 is 1.12 bits per heavy atom. The molecule has 0 radical (unpaired) electrons. The van der Waals surface area contributed by atoms with Gasteiger partial charge in [-0.2, -0.15) is 0 Å². The molecule has 0 saturated heterocycles. The molecule has 0 spiro atoms. The third kappa shape index (κ3) is 4.12. The summed E-state index contributed by atoms with van der Waals surface area (Å²) in [6.45, 7) is 1.61. The zero-order valence-corrected chi connectivity index (χ0v) is 9.78. The average Bonchev–Trinajstić information content (AvgIpc) is 2.31. The van der Waals surface area contributed by atoms with Crippen LogP contribution in [-0.2, 0) is 4.79 Å². The third-order valence-corrected chi connectivity index (χ3v) is 2.05. The largest absolute Gasteiger partial charge is 0.341 e. The first-order valence-electron chi connectivity index (χ1n) is 5.18. The molecule has 0 saturated carbocycles. The molecule has 0 aliphatic heterocycles. The molecule has 0 aromatic heterocycles. The SMILES string of the molecule is CNC(=O)Nc1ccc(NC(=O)[C@@H](C)N)cc1. The van der Waals surface area contributed by atoms with Crippen LogP contribution in [0.3, 0.4) is 0 Å². The second-order valence-electron chi connectivity index (χ2n) is 3.56. The molecule has 3 amide bonds. The molecule has 0 aliphatic rings. The molecule has 1 rings (SSSR count). The molecule has 0 bridgehead atoms. The van der Waals surface area contributed by atoms with E-state index in [4.69, 9.17) is 5.73 Å². The van der Waals surface area contributed by atoms with E-state index < -0.39 is 6.04 Å². The van der Waals surface area contributed by atoms with Crippen molar-refractivity contribution < 1.29 is 9.59 Å². The molecule has 0 unspecified atom stereocenters. The van der Waals surface area contributed by atoms with E-state index in [0.717, 1.165) is 0 Å². The van der Waals surface area contributed by atoms with Gasteiger partial charge in [-0.1, -0.05) is 0 Å². The van der Waals surface area contributed by atoms with Crippen molar-refractivity contribution in [3.05, 3.63) is 24.3 Å². The number of urea groups is 1. The fourth-order valence-corrected chi connectivity index (χ4v) is 1.09. The predicted octanol–water partition coefficient (Wildman–Crippen LogP) is 0.724. The fraction of sp³-hybridized carbons (Fsp3) is 0.273. The molecular formula is C11H16N4O2. The Labute approximate surface area is 99.6 Å². The van der Waals surface area contributed by atoms with E-state index in [1.165, 1.54) is 7.05 Å². The van der Waals surface area contributed by atoms with Crippen LogP contribution >= 0.6 is 0 Å². The summed E-state index contributed by atoms with van der Waals surface area (Å²) in [7, 11) is 1.53. The number of benzene rings is 1. The second kappa shape index (κ2) is 5.86. The van der Waals surface area contributed by atoms with Crippen molar-refractivity contribution in [1.29, 1.82) is 0 Å². The molecule has 1 atom stereocenters. The average molecular weight is 236 g/mol. The number of anilines is 2. The number of nitrogens with one attached hydrogen (secondary N) is 3. The van der Waals surface area contributed by atoms with Gasteiger partial charge in [0, 0.05) is 18.4 Å². The Hall–Kier alpha value is -2.08. The number of rotatable bonds is 3. The van der Waals surface area contributed by atoms with Crippen LogP contribution in [0.15, 0.2) is 24.3 Å². The van der Waals surface area contributed by atoms with Crippen LogP contribution in [-0.4, -0.2) is 25.0 Å². The van der Waals surface area contributed by atoms with Gasteiger partial charge >= 0.3 is 6.03 Å². The van der Waals surface area contributed by atoms with Crippen molar-refractivity contribution in [2.45, 2.75) is 13.0 Å². The summed E-state index contributed by atoms with van der Waals surface area (Å²) in [5, 5.41) is 7.69. The van der Waals surface area contributed by atoms with E-state index in [1.54, 1.807) is 31.2 Å². The van der Waals surface area contributed by atoms with Gasteiger partial charge in [0.15, 0.2) is 0 Å². The highest BCUT2D eigenvalue weighted by Gasteiger charge is 2.07. The number of hydrogen-bond acceptors (Lipinski definition) is 3. The van der Waals surface area contributed by atoms with E-state index in [2.05, 4.69) is 16.0 Å². The molecule has 17 heavy (non-hydrogen) atoms. The lowest BCUT2D eigenvalue weighted by Crippen LogP contribution is -2.32. The minimum atomic E-state index is -0.557. The maximum Gasteiger partial charge on any atom is 0.318 e. The number of carbonyl (C=O) groups excluding carboxylic acids is 2.